The number of nitrogens with zero attached hydrogens (tertiary/aromatic N) is 2. The molecule has 0 atom stereocenters. The molecule has 0 fully saturated rings. The molecule has 2 rings (SSSR count). The smallest absolute Gasteiger partial charge is 0.356 e. The highest BCUT2D eigenvalue weighted by molar-refractivity contribution is 5.98. The van der Waals surface area contributed by atoms with Crippen molar-refractivity contribution in [1.82, 2.24) is 9.55 Å². The molecular weight excluding hydrogens is 260 g/mol. The Morgan fingerprint density at radius 1 is 1.35 bits per heavy atom. The molecule has 7 nitrogen and oxygen atoms in total. The minimum atomic E-state index is -1.06. The summed E-state index contributed by atoms with van der Waals surface area (Å²) in [6, 6.07) is 6.94. The number of imidazole rings is 1. The number of benzene rings is 1. The number of nitrogens with one attached hydrogen (secondary N) is 1. The maximum absolute atomic E-state index is 11.2. The van der Waals surface area contributed by atoms with E-state index < -0.39 is 11.9 Å². The van der Waals surface area contributed by atoms with Crippen LogP contribution in [0, 0.1) is 0 Å². The van der Waals surface area contributed by atoms with Gasteiger partial charge in [-0.25, -0.2) is 9.78 Å². The maximum atomic E-state index is 11.2. The van der Waals surface area contributed by atoms with Crippen molar-refractivity contribution < 1.29 is 14.7 Å². The molecule has 0 bridgehead atoms. The fourth-order valence-electron chi connectivity index (χ4n) is 1.76. The van der Waals surface area contributed by atoms with Crippen molar-refractivity contribution in [2.45, 2.75) is 6.54 Å². The number of amides is 1. The zero-order valence-corrected chi connectivity index (χ0v) is 10.6. The van der Waals surface area contributed by atoms with Crippen LogP contribution in [0.3, 0.4) is 0 Å². The van der Waals surface area contributed by atoms with Gasteiger partial charge in [-0.15, -0.1) is 0 Å². The zero-order valence-electron chi connectivity index (χ0n) is 10.6. The molecule has 20 heavy (non-hydrogen) atoms. The Balaban J connectivity index is 1.96. The first kappa shape index (κ1) is 13.6. The monoisotopic (exact) mass is 274 g/mol. The summed E-state index contributed by atoms with van der Waals surface area (Å²) in [5.41, 5.74) is 6.35. The molecule has 1 aromatic carbocycles. The molecule has 7 heteroatoms. The van der Waals surface area contributed by atoms with Crippen LogP contribution in [0.4, 0.5) is 5.69 Å². The Morgan fingerprint density at radius 3 is 2.75 bits per heavy atom. The number of aromatic carboxylic acids is 1. The number of para-hydroxylation sites is 1. The Kier molecular flexibility index (Phi) is 3.99. The molecule has 0 saturated heterocycles. The number of aromatic nitrogens is 2. The highest BCUT2D eigenvalue weighted by Crippen LogP contribution is 2.13. The van der Waals surface area contributed by atoms with Crippen LogP contribution in [-0.2, 0) is 6.54 Å². The second-order valence-electron chi connectivity index (χ2n) is 4.14. The van der Waals surface area contributed by atoms with Crippen molar-refractivity contribution in [3.63, 3.8) is 0 Å². The summed E-state index contributed by atoms with van der Waals surface area (Å²) in [5, 5.41) is 11.8. The van der Waals surface area contributed by atoms with Crippen molar-refractivity contribution in [3.8, 4) is 0 Å². The average molecular weight is 274 g/mol. The van der Waals surface area contributed by atoms with Crippen molar-refractivity contribution in [3.05, 3.63) is 48.0 Å². The van der Waals surface area contributed by atoms with Crippen LogP contribution < -0.4 is 11.1 Å². The Bertz CT molecular complexity index is 636. The topological polar surface area (TPSA) is 110 Å². The van der Waals surface area contributed by atoms with E-state index in [2.05, 4.69) is 10.3 Å². The van der Waals surface area contributed by atoms with E-state index in [1.165, 1.54) is 12.5 Å². The van der Waals surface area contributed by atoms with Gasteiger partial charge in [0.2, 0.25) is 0 Å². The average Bonchev–Trinajstić information content (AvgIpc) is 2.88. The number of hydrogen-bond acceptors (Lipinski definition) is 4. The Labute approximate surface area is 115 Å². The minimum Gasteiger partial charge on any atom is -0.476 e. The number of anilines is 1. The van der Waals surface area contributed by atoms with Crippen molar-refractivity contribution in [2.24, 2.45) is 5.73 Å². The third kappa shape index (κ3) is 3.14. The normalized spacial score (nSPS) is 10.2. The molecular formula is C13H14N4O3. The summed E-state index contributed by atoms with van der Waals surface area (Å²) in [4.78, 5) is 25.7. The Morgan fingerprint density at radius 2 is 2.10 bits per heavy atom. The van der Waals surface area contributed by atoms with Gasteiger partial charge in [0.15, 0.2) is 5.69 Å². The first-order valence-electron chi connectivity index (χ1n) is 5.95. The molecule has 0 saturated carbocycles. The third-order valence-corrected chi connectivity index (χ3v) is 2.73. The lowest BCUT2D eigenvalue weighted by Gasteiger charge is -2.09. The maximum Gasteiger partial charge on any atom is 0.356 e. The zero-order chi connectivity index (χ0) is 14.5. The highest BCUT2D eigenvalue weighted by atomic mass is 16.4. The predicted octanol–water partition coefficient (Wildman–Crippen LogP) is 0.792. The van der Waals surface area contributed by atoms with Gasteiger partial charge in [0.05, 0.1) is 11.9 Å². The molecule has 4 N–H and O–H groups in total. The molecule has 0 aliphatic heterocycles. The van der Waals surface area contributed by atoms with Crippen LogP contribution in [0.2, 0.25) is 0 Å². The fourth-order valence-corrected chi connectivity index (χ4v) is 1.76. The van der Waals surface area contributed by atoms with E-state index in [1.807, 2.05) is 0 Å². The largest absolute Gasteiger partial charge is 0.476 e. The van der Waals surface area contributed by atoms with Gasteiger partial charge in [0, 0.05) is 25.0 Å². The predicted molar refractivity (Wildman–Crippen MR) is 72.6 cm³/mol. The molecule has 1 aromatic heterocycles. The molecule has 0 aliphatic rings. The first-order valence-corrected chi connectivity index (χ1v) is 5.95. The van der Waals surface area contributed by atoms with Crippen LogP contribution in [0.25, 0.3) is 0 Å². The summed E-state index contributed by atoms with van der Waals surface area (Å²) in [5.74, 6) is -1.56. The van der Waals surface area contributed by atoms with Gasteiger partial charge in [-0.05, 0) is 12.1 Å². The van der Waals surface area contributed by atoms with Gasteiger partial charge < -0.3 is 20.7 Å². The number of carboxylic acid groups (broad SMARTS) is 1. The van der Waals surface area contributed by atoms with Crippen molar-refractivity contribution in [1.29, 1.82) is 0 Å². The van der Waals surface area contributed by atoms with Crippen LogP contribution >= 0.6 is 0 Å². The number of primary amides is 1. The van der Waals surface area contributed by atoms with E-state index >= 15 is 0 Å². The van der Waals surface area contributed by atoms with Crippen molar-refractivity contribution >= 4 is 17.6 Å². The Hall–Kier alpha value is -2.83. The van der Waals surface area contributed by atoms with E-state index in [0.717, 1.165) is 0 Å². The van der Waals surface area contributed by atoms with E-state index in [-0.39, 0.29) is 5.69 Å². The highest BCUT2D eigenvalue weighted by Gasteiger charge is 2.08. The third-order valence-electron chi connectivity index (χ3n) is 2.73. The van der Waals surface area contributed by atoms with Crippen LogP contribution in [0.1, 0.15) is 20.8 Å². The van der Waals surface area contributed by atoms with Crippen LogP contribution in [0.5, 0.6) is 0 Å². The summed E-state index contributed by atoms with van der Waals surface area (Å²) in [7, 11) is 0. The number of carbonyl (C=O) groups is 2. The summed E-state index contributed by atoms with van der Waals surface area (Å²) < 4.78 is 1.66. The van der Waals surface area contributed by atoms with E-state index in [0.29, 0.717) is 24.3 Å². The van der Waals surface area contributed by atoms with E-state index in [4.69, 9.17) is 10.8 Å². The lowest BCUT2D eigenvalue weighted by atomic mass is 10.1. The molecule has 0 unspecified atom stereocenters. The minimum absolute atomic E-state index is 0.00235. The molecule has 2 aromatic rings. The number of hydrogen-bond donors (Lipinski definition) is 3. The van der Waals surface area contributed by atoms with Gasteiger partial charge in [0.1, 0.15) is 0 Å². The van der Waals surface area contributed by atoms with Gasteiger partial charge in [-0.3, -0.25) is 4.79 Å². The number of nitrogens with two attached hydrogens (primary N) is 1. The second kappa shape index (κ2) is 5.87. The quantitative estimate of drug-likeness (QED) is 0.721. The molecule has 0 spiro atoms. The molecule has 1 amide bonds. The molecule has 104 valence electrons. The number of carboxylic acids is 1. The number of rotatable bonds is 6. The van der Waals surface area contributed by atoms with E-state index in [1.54, 1.807) is 28.8 Å². The van der Waals surface area contributed by atoms with Gasteiger partial charge >= 0.3 is 5.97 Å². The fraction of sp³-hybridized carbons (Fsp3) is 0.154. The van der Waals surface area contributed by atoms with Crippen molar-refractivity contribution in [2.75, 3.05) is 11.9 Å². The molecule has 1 heterocycles. The SMILES string of the molecule is NC(=O)c1ccccc1NCCn1cnc(C(=O)O)c1. The molecule has 0 aliphatic carbocycles. The first-order chi connectivity index (χ1) is 9.58. The molecule has 0 radical (unpaired) electrons. The van der Waals surface area contributed by atoms with Gasteiger partial charge in [0.25, 0.3) is 5.91 Å². The van der Waals surface area contributed by atoms with E-state index in [9.17, 15) is 9.59 Å². The van der Waals surface area contributed by atoms with Gasteiger partial charge in [-0.2, -0.15) is 0 Å². The summed E-state index contributed by atoms with van der Waals surface area (Å²) >= 11 is 0. The summed E-state index contributed by atoms with van der Waals surface area (Å²) in [6.07, 6.45) is 2.90. The lowest BCUT2D eigenvalue weighted by Crippen LogP contribution is -2.16. The summed E-state index contributed by atoms with van der Waals surface area (Å²) in [6.45, 7) is 1.03. The van der Waals surface area contributed by atoms with Crippen LogP contribution in [-0.4, -0.2) is 33.1 Å². The van der Waals surface area contributed by atoms with Gasteiger partial charge in [-0.1, -0.05) is 12.1 Å². The lowest BCUT2D eigenvalue weighted by molar-refractivity contribution is 0.0690. The standard InChI is InChI=1S/C13H14N4O3/c14-12(18)9-3-1-2-4-10(9)15-5-6-17-7-11(13(19)20)16-8-17/h1-4,7-8,15H,5-6H2,(H2,14,18)(H,19,20). The van der Waals surface area contributed by atoms with Crippen LogP contribution in [0.15, 0.2) is 36.8 Å². The number of carbonyl (C=O) groups excluding carboxylic acids is 1. The second-order valence-corrected chi connectivity index (χ2v) is 4.14.